The van der Waals surface area contributed by atoms with E-state index in [0.717, 1.165) is 42.0 Å². The molecule has 2 rings (SSSR count). The van der Waals surface area contributed by atoms with Gasteiger partial charge in [0.2, 0.25) is 0 Å². The molecule has 0 unspecified atom stereocenters. The summed E-state index contributed by atoms with van der Waals surface area (Å²) in [5.74, 6) is 0. The van der Waals surface area contributed by atoms with E-state index in [-0.39, 0.29) is 34.5 Å². The second-order valence-electron chi connectivity index (χ2n) is 5.09. The fourth-order valence-corrected chi connectivity index (χ4v) is 3.07. The van der Waals surface area contributed by atoms with Crippen molar-refractivity contribution >= 4 is 20.9 Å². The summed E-state index contributed by atoms with van der Waals surface area (Å²) in [6.07, 6.45) is 3.76. The minimum atomic E-state index is -4.41. The van der Waals surface area contributed by atoms with Gasteiger partial charge in [0, 0.05) is 0 Å². The molecule has 0 amide bonds. The van der Waals surface area contributed by atoms with Crippen LogP contribution in [0.5, 0.6) is 0 Å². The van der Waals surface area contributed by atoms with Crippen LogP contribution in [0.1, 0.15) is 37.8 Å². The van der Waals surface area contributed by atoms with Gasteiger partial charge in [0.25, 0.3) is 0 Å². The molecule has 0 radical (unpaired) electrons. The average Bonchev–Trinajstić information content (AvgIpc) is 2.38. The van der Waals surface area contributed by atoms with Gasteiger partial charge in [0.05, 0.1) is 4.90 Å². The molecule has 0 bridgehead atoms. The van der Waals surface area contributed by atoms with Crippen LogP contribution in [0.25, 0.3) is 10.8 Å². The van der Waals surface area contributed by atoms with Crippen molar-refractivity contribution in [2.75, 3.05) is 0 Å². The first-order valence-corrected chi connectivity index (χ1v) is 8.38. The molecule has 108 valence electrons. The number of fused-ring (bicyclic) bond motifs is 1. The summed E-state index contributed by atoms with van der Waals surface area (Å²) in [5, 5.41) is 1.88. The Balaban J connectivity index is 0.00000220. The SMILES string of the molecule is CCCc1ccc2cc(S(=O)(=O)[O-])cc(CCC)c2c1.[Na+]. The average molecular weight is 314 g/mol. The van der Waals surface area contributed by atoms with Crippen molar-refractivity contribution in [3.8, 4) is 0 Å². The first-order chi connectivity index (χ1) is 9.45. The van der Waals surface area contributed by atoms with Gasteiger partial charge in [0.1, 0.15) is 10.1 Å². The zero-order chi connectivity index (χ0) is 14.8. The Morgan fingerprint density at radius 1 is 1.00 bits per heavy atom. The van der Waals surface area contributed by atoms with Crippen molar-refractivity contribution in [1.29, 1.82) is 0 Å². The molecule has 0 aromatic heterocycles. The van der Waals surface area contributed by atoms with Crippen LogP contribution < -0.4 is 29.6 Å². The summed E-state index contributed by atoms with van der Waals surface area (Å²) < 4.78 is 33.7. The van der Waals surface area contributed by atoms with Crippen LogP contribution in [0, 0.1) is 0 Å². The van der Waals surface area contributed by atoms with Crippen LogP contribution in [-0.4, -0.2) is 13.0 Å². The molecule has 0 heterocycles. The molecule has 0 spiro atoms. The molecule has 0 saturated heterocycles. The molecule has 0 aliphatic rings. The predicted octanol–water partition coefficient (Wildman–Crippen LogP) is 0.653. The summed E-state index contributed by atoms with van der Waals surface area (Å²) >= 11 is 0. The molecule has 3 nitrogen and oxygen atoms in total. The minimum Gasteiger partial charge on any atom is -0.744 e. The van der Waals surface area contributed by atoms with Gasteiger partial charge in [0.15, 0.2) is 0 Å². The normalized spacial score (nSPS) is 11.4. The monoisotopic (exact) mass is 314 g/mol. The van der Waals surface area contributed by atoms with E-state index in [0.29, 0.717) is 0 Å². The molecule has 0 aliphatic carbocycles. The Kier molecular flexibility index (Phi) is 6.88. The summed E-state index contributed by atoms with van der Waals surface area (Å²) in [6.45, 7) is 4.17. The van der Waals surface area contributed by atoms with Crippen LogP contribution in [0.3, 0.4) is 0 Å². The summed E-state index contributed by atoms with van der Waals surface area (Å²) in [7, 11) is -4.41. The zero-order valence-electron chi connectivity index (χ0n) is 12.8. The number of benzene rings is 2. The van der Waals surface area contributed by atoms with Crippen molar-refractivity contribution in [2.45, 2.75) is 44.4 Å². The number of aryl methyl sites for hydroxylation is 2. The van der Waals surface area contributed by atoms with E-state index in [2.05, 4.69) is 13.0 Å². The fourth-order valence-electron chi connectivity index (χ4n) is 2.52. The molecule has 0 fully saturated rings. The van der Waals surface area contributed by atoms with Crippen molar-refractivity contribution in [3.63, 3.8) is 0 Å². The summed E-state index contributed by atoms with van der Waals surface area (Å²) in [5.41, 5.74) is 2.19. The van der Waals surface area contributed by atoms with E-state index in [1.807, 2.05) is 19.1 Å². The Bertz CT molecular complexity index is 724. The Morgan fingerprint density at radius 2 is 1.67 bits per heavy atom. The standard InChI is InChI=1S/C16H20O3S.Na/c1-3-5-12-7-8-14-11-15(20(17,18)19)10-13(6-4-2)16(14)9-12;/h7-11H,3-6H2,1-2H3,(H,17,18,19);/q;+1/p-1. The van der Waals surface area contributed by atoms with Gasteiger partial charge in [-0.25, -0.2) is 8.42 Å². The quantitative estimate of drug-likeness (QED) is 0.601. The van der Waals surface area contributed by atoms with Gasteiger partial charge in [-0.3, -0.25) is 0 Å². The van der Waals surface area contributed by atoms with E-state index < -0.39 is 10.1 Å². The van der Waals surface area contributed by atoms with E-state index >= 15 is 0 Å². The number of rotatable bonds is 5. The smallest absolute Gasteiger partial charge is 0.744 e. The molecule has 0 atom stereocenters. The third-order valence-electron chi connectivity index (χ3n) is 3.42. The summed E-state index contributed by atoms with van der Waals surface area (Å²) in [6, 6.07) is 9.04. The second-order valence-corrected chi connectivity index (χ2v) is 6.47. The van der Waals surface area contributed by atoms with Gasteiger partial charge < -0.3 is 4.55 Å². The molecule has 5 heteroatoms. The molecule has 0 aliphatic heterocycles. The molecule has 21 heavy (non-hydrogen) atoms. The third-order valence-corrected chi connectivity index (χ3v) is 4.24. The summed E-state index contributed by atoms with van der Waals surface area (Å²) in [4.78, 5) is -0.128. The zero-order valence-corrected chi connectivity index (χ0v) is 15.7. The van der Waals surface area contributed by atoms with Gasteiger partial charge in [-0.2, -0.15) is 0 Å². The third kappa shape index (κ3) is 4.54. The largest absolute Gasteiger partial charge is 1.00 e. The van der Waals surface area contributed by atoms with E-state index in [4.69, 9.17) is 0 Å². The Labute approximate surface area is 148 Å². The minimum absolute atomic E-state index is 0. The van der Waals surface area contributed by atoms with Crippen molar-refractivity contribution in [1.82, 2.24) is 0 Å². The maximum atomic E-state index is 11.2. The van der Waals surface area contributed by atoms with Crippen LogP contribution in [0.2, 0.25) is 0 Å². The van der Waals surface area contributed by atoms with Gasteiger partial charge in [-0.1, -0.05) is 44.9 Å². The van der Waals surface area contributed by atoms with Crippen LogP contribution in [-0.2, 0) is 23.0 Å². The number of hydrogen-bond acceptors (Lipinski definition) is 3. The van der Waals surface area contributed by atoms with Gasteiger partial charge >= 0.3 is 29.6 Å². The van der Waals surface area contributed by atoms with E-state index in [9.17, 15) is 13.0 Å². The molecular formula is C16H19NaO3S. The fraction of sp³-hybridized carbons (Fsp3) is 0.375. The molecule has 0 N–H and O–H groups in total. The Hall–Kier alpha value is -0.390. The van der Waals surface area contributed by atoms with Crippen LogP contribution in [0.4, 0.5) is 0 Å². The number of hydrogen-bond donors (Lipinski definition) is 0. The van der Waals surface area contributed by atoms with Crippen molar-refractivity contribution < 1.29 is 42.5 Å². The first kappa shape index (κ1) is 18.7. The predicted molar refractivity (Wildman–Crippen MR) is 79.9 cm³/mol. The molecule has 2 aromatic rings. The second kappa shape index (κ2) is 7.75. The van der Waals surface area contributed by atoms with Crippen molar-refractivity contribution in [3.05, 3.63) is 41.5 Å². The van der Waals surface area contributed by atoms with Gasteiger partial charge in [-0.05, 0) is 46.9 Å². The van der Waals surface area contributed by atoms with E-state index in [1.165, 1.54) is 17.7 Å². The van der Waals surface area contributed by atoms with Crippen molar-refractivity contribution in [2.24, 2.45) is 0 Å². The first-order valence-electron chi connectivity index (χ1n) is 6.97. The topological polar surface area (TPSA) is 57.2 Å². The Morgan fingerprint density at radius 3 is 2.24 bits per heavy atom. The molecular weight excluding hydrogens is 295 g/mol. The molecule has 2 aromatic carbocycles. The van der Waals surface area contributed by atoms with Crippen LogP contribution in [0.15, 0.2) is 35.2 Å². The van der Waals surface area contributed by atoms with Gasteiger partial charge in [-0.15, -0.1) is 0 Å². The maximum absolute atomic E-state index is 11.2. The molecule has 0 saturated carbocycles. The maximum Gasteiger partial charge on any atom is 1.00 e. The van der Waals surface area contributed by atoms with E-state index in [1.54, 1.807) is 0 Å². The van der Waals surface area contributed by atoms with Crippen LogP contribution >= 0.6 is 0 Å².